The molecule has 0 aromatic heterocycles. The van der Waals surface area contributed by atoms with Crippen LogP contribution in [0.25, 0.3) is 11.1 Å². The second kappa shape index (κ2) is 9.76. The van der Waals surface area contributed by atoms with Crippen molar-refractivity contribution in [1.82, 2.24) is 5.32 Å². The minimum atomic E-state index is -1.39. The molecule has 2 aliphatic carbocycles. The molecule has 0 atom stereocenters. The molecule has 0 fully saturated rings. The first kappa shape index (κ1) is 24.2. The van der Waals surface area contributed by atoms with Crippen LogP contribution in [0, 0.1) is 5.82 Å². The van der Waals surface area contributed by atoms with E-state index in [9.17, 15) is 14.3 Å². The van der Waals surface area contributed by atoms with Crippen molar-refractivity contribution >= 4 is 17.1 Å². The van der Waals surface area contributed by atoms with E-state index in [0.717, 1.165) is 27.8 Å². The third kappa shape index (κ3) is 4.84. The lowest BCUT2D eigenvalue weighted by atomic mass is 9.91. The van der Waals surface area contributed by atoms with Gasteiger partial charge in [0.15, 0.2) is 5.60 Å². The van der Waals surface area contributed by atoms with E-state index in [-0.39, 0.29) is 11.7 Å². The summed E-state index contributed by atoms with van der Waals surface area (Å²) < 4.78 is 25.0. The van der Waals surface area contributed by atoms with Crippen molar-refractivity contribution in [3.05, 3.63) is 118 Å². The van der Waals surface area contributed by atoms with E-state index in [1.165, 1.54) is 32.4 Å². The number of rotatable bonds is 6. The molecule has 5 nitrogen and oxygen atoms in total. The van der Waals surface area contributed by atoms with Crippen LogP contribution in [0.15, 0.2) is 95.5 Å². The van der Waals surface area contributed by atoms with E-state index in [0.29, 0.717) is 29.2 Å². The number of methoxy groups -OCH3 is 2. The molecule has 35 heavy (non-hydrogen) atoms. The molecule has 0 saturated heterocycles. The fraction of sp³-hybridized carbons (Fsp3) is 0.207. The normalized spacial score (nSPS) is 20.3. The van der Waals surface area contributed by atoms with Gasteiger partial charge in [-0.3, -0.25) is 4.79 Å². The average molecular weight is 474 g/mol. The third-order valence-corrected chi connectivity index (χ3v) is 6.26. The van der Waals surface area contributed by atoms with E-state index in [4.69, 9.17) is 9.47 Å². The summed E-state index contributed by atoms with van der Waals surface area (Å²) >= 11 is 0. The van der Waals surface area contributed by atoms with Crippen molar-refractivity contribution in [1.29, 1.82) is 0 Å². The van der Waals surface area contributed by atoms with Crippen LogP contribution in [-0.2, 0) is 20.8 Å². The number of hydrogen-bond acceptors (Lipinski definition) is 4. The van der Waals surface area contributed by atoms with Crippen molar-refractivity contribution in [2.45, 2.75) is 26.0 Å². The lowest BCUT2D eigenvalue weighted by molar-refractivity contribution is -0.116. The highest BCUT2D eigenvalue weighted by molar-refractivity contribution is 6.08. The van der Waals surface area contributed by atoms with Gasteiger partial charge < -0.3 is 19.9 Å². The summed E-state index contributed by atoms with van der Waals surface area (Å²) in [6, 6.07) is 14.2. The Labute approximate surface area is 204 Å². The lowest BCUT2D eigenvalue weighted by Gasteiger charge is -2.30. The number of halogens is 1. The minimum absolute atomic E-state index is 0.260. The van der Waals surface area contributed by atoms with E-state index in [1.807, 2.05) is 43.3 Å². The summed E-state index contributed by atoms with van der Waals surface area (Å²) in [6.07, 6.45) is 6.91. The van der Waals surface area contributed by atoms with Gasteiger partial charge in [-0.15, -0.1) is 0 Å². The number of aliphatic hydroxyl groups is 1. The Morgan fingerprint density at radius 3 is 2.34 bits per heavy atom. The third-order valence-electron chi connectivity index (χ3n) is 6.26. The van der Waals surface area contributed by atoms with Crippen molar-refractivity contribution in [2.24, 2.45) is 0 Å². The first-order valence-corrected chi connectivity index (χ1v) is 11.3. The zero-order chi connectivity index (χ0) is 25.2. The van der Waals surface area contributed by atoms with Crippen LogP contribution in [0.1, 0.15) is 30.5 Å². The monoisotopic (exact) mass is 473 g/mol. The molecule has 2 N–H and O–H groups in total. The number of carbonyl (C=O) groups is 1. The molecule has 0 bridgehead atoms. The van der Waals surface area contributed by atoms with Gasteiger partial charge in [-0.25, -0.2) is 4.39 Å². The second-order valence-electron chi connectivity index (χ2n) is 8.63. The SMILES string of the molecule is COC1=CC(=CC2=C(C)/C(=C\C(=O)NCc3ccccc3)c3cc(F)ccc32)C=C(OC)C1(C)O. The number of amides is 1. The number of ether oxygens (including phenoxy) is 2. The maximum absolute atomic E-state index is 14.2. The van der Waals surface area contributed by atoms with E-state index >= 15 is 0 Å². The molecular weight excluding hydrogens is 445 g/mol. The summed E-state index contributed by atoms with van der Waals surface area (Å²) in [6.45, 7) is 3.90. The minimum Gasteiger partial charge on any atom is -0.498 e. The molecule has 0 heterocycles. The summed E-state index contributed by atoms with van der Waals surface area (Å²) in [4.78, 5) is 12.7. The van der Waals surface area contributed by atoms with E-state index in [1.54, 1.807) is 25.1 Å². The molecule has 6 heteroatoms. The Hall–Kier alpha value is -3.90. The average Bonchev–Trinajstić information content (AvgIpc) is 3.09. The molecule has 0 radical (unpaired) electrons. The van der Waals surface area contributed by atoms with Crippen LogP contribution in [-0.4, -0.2) is 30.8 Å². The predicted molar refractivity (Wildman–Crippen MR) is 134 cm³/mol. The first-order valence-electron chi connectivity index (χ1n) is 11.3. The summed E-state index contributed by atoms with van der Waals surface area (Å²) in [7, 11) is 2.98. The van der Waals surface area contributed by atoms with Gasteiger partial charge in [-0.1, -0.05) is 36.4 Å². The number of fused-ring (bicyclic) bond motifs is 1. The van der Waals surface area contributed by atoms with E-state index in [2.05, 4.69) is 5.32 Å². The Bertz CT molecular complexity index is 1290. The fourth-order valence-corrected chi connectivity index (χ4v) is 4.37. The van der Waals surface area contributed by atoms with Crippen LogP contribution in [0.4, 0.5) is 4.39 Å². The van der Waals surface area contributed by atoms with Gasteiger partial charge in [-0.05, 0) is 83.2 Å². The first-order chi connectivity index (χ1) is 16.7. The van der Waals surface area contributed by atoms with Gasteiger partial charge in [0.05, 0.1) is 14.2 Å². The zero-order valence-electron chi connectivity index (χ0n) is 20.2. The van der Waals surface area contributed by atoms with E-state index < -0.39 is 5.60 Å². The molecule has 4 rings (SSSR count). The molecule has 2 aromatic rings. The summed E-state index contributed by atoms with van der Waals surface area (Å²) in [5, 5.41) is 13.7. The predicted octanol–water partition coefficient (Wildman–Crippen LogP) is 5.06. The topological polar surface area (TPSA) is 67.8 Å². The van der Waals surface area contributed by atoms with Crippen LogP contribution < -0.4 is 5.32 Å². The van der Waals surface area contributed by atoms with Crippen molar-refractivity contribution < 1.29 is 23.8 Å². The van der Waals surface area contributed by atoms with Crippen LogP contribution in [0.5, 0.6) is 0 Å². The van der Waals surface area contributed by atoms with Gasteiger partial charge in [0.2, 0.25) is 5.91 Å². The maximum atomic E-state index is 14.2. The Balaban J connectivity index is 1.73. The number of benzene rings is 2. The van der Waals surface area contributed by atoms with Crippen LogP contribution >= 0.6 is 0 Å². The van der Waals surface area contributed by atoms with Crippen LogP contribution in [0.2, 0.25) is 0 Å². The molecule has 0 aliphatic heterocycles. The Kier molecular flexibility index (Phi) is 6.76. The van der Waals surface area contributed by atoms with Gasteiger partial charge >= 0.3 is 0 Å². The molecule has 2 aliphatic rings. The molecule has 180 valence electrons. The second-order valence-corrected chi connectivity index (χ2v) is 8.63. The highest BCUT2D eigenvalue weighted by Gasteiger charge is 2.36. The number of allylic oxidation sites excluding steroid dienone is 7. The molecule has 0 saturated carbocycles. The Morgan fingerprint density at radius 2 is 1.71 bits per heavy atom. The van der Waals surface area contributed by atoms with Gasteiger partial charge in [-0.2, -0.15) is 0 Å². The molecular formula is C29H28FNO4. The molecule has 0 spiro atoms. The number of nitrogens with one attached hydrogen (secondary N) is 1. The highest BCUT2D eigenvalue weighted by atomic mass is 19.1. The smallest absolute Gasteiger partial charge is 0.244 e. The summed E-state index contributed by atoms with van der Waals surface area (Å²) in [5.41, 5.74) is 4.15. The number of carbonyl (C=O) groups excluding carboxylic acids is 1. The quantitative estimate of drug-likeness (QED) is 0.576. The van der Waals surface area contributed by atoms with Gasteiger partial charge in [0, 0.05) is 12.6 Å². The van der Waals surface area contributed by atoms with Gasteiger partial charge in [0.25, 0.3) is 0 Å². The molecule has 1 amide bonds. The summed E-state index contributed by atoms with van der Waals surface area (Å²) in [5.74, 6) is 0.0477. The molecule has 0 unspecified atom stereocenters. The van der Waals surface area contributed by atoms with Crippen LogP contribution in [0.3, 0.4) is 0 Å². The fourth-order valence-electron chi connectivity index (χ4n) is 4.37. The van der Waals surface area contributed by atoms with Gasteiger partial charge in [0.1, 0.15) is 17.3 Å². The highest BCUT2D eigenvalue weighted by Crippen LogP contribution is 2.43. The standard InChI is InChI=1S/C29H28FNO4/c1-18-23(12-20-13-26(34-3)29(2,33)27(14-20)35-4)22-11-10-21(30)15-25(22)24(18)16-28(32)31-17-19-8-6-5-7-9-19/h5-16,33H,17H2,1-4H3,(H,31,32)/b20-12?,24-16+. The molecule has 2 aromatic carbocycles. The zero-order valence-corrected chi connectivity index (χ0v) is 20.2. The van der Waals surface area contributed by atoms with Crippen molar-refractivity contribution in [2.75, 3.05) is 14.2 Å². The lowest BCUT2D eigenvalue weighted by Crippen LogP contribution is -2.33. The maximum Gasteiger partial charge on any atom is 0.244 e. The van der Waals surface area contributed by atoms with Crippen molar-refractivity contribution in [3.63, 3.8) is 0 Å². The number of hydrogen-bond donors (Lipinski definition) is 2. The largest absolute Gasteiger partial charge is 0.498 e. The van der Waals surface area contributed by atoms with Crippen molar-refractivity contribution in [3.8, 4) is 0 Å². The Morgan fingerprint density at radius 1 is 1.06 bits per heavy atom.